The average molecular weight is 475 g/mol. The molecule has 160 valence electrons. The van der Waals surface area contributed by atoms with Gasteiger partial charge in [-0.05, 0) is 51.7 Å². The molecule has 0 radical (unpaired) electrons. The second kappa shape index (κ2) is 9.51. The van der Waals surface area contributed by atoms with Crippen LogP contribution in [-0.2, 0) is 0 Å². The molecule has 0 atom stereocenters. The largest absolute Gasteiger partial charge is 0.495 e. The molecule has 1 fully saturated rings. The van der Waals surface area contributed by atoms with E-state index in [1.165, 1.54) is 5.56 Å². The Hall–Kier alpha value is -2.54. The Morgan fingerprint density at radius 1 is 0.833 bits per heavy atom. The first-order chi connectivity index (χ1) is 14.3. The Kier molecular flexibility index (Phi) is 7.02. The molecule has 1 saturated heterocycles. The minimum Gasteiger partial charge on any atom is -0.495 e. The highest BCUT2D eigenvalue weighted by Gasteiger charge is 2.26. The fraction of sp³-hybridized carbons (Fsp3) is 0.391. The van der Waals surface area contributed by atoms with Crippen LogP contribution in [0.1, 0.15) is 46.0 Å². The van der Waals surface area contributed by atoms with Gasteiger partial charge in [0.2, 0.25) is 0 Å². The van der Waals surface area contributed by atoms with Crippen molar-refractivity contribution in [2.24, 2.45) is 0 Å². The third-order valence-electron chi connectivity index (χ3n) is 5.37. The van der Waals surface area contributed by atoms with Crippen LogP contribution in [0.3, 0.4) is 0 Å². The summed E-state index contributed by atoms with van der Waals surface area (Å²) < 4.78 is 11.3. The first kappa shape index (κ1) is 22.2. The third-order valence-corrected chi connectivity index (χ3v) is 6.15. The molecule has 30 heavy (non-hydrogen) atoms. The van der Waals surface area contributed by atoms with Gasteiger partial charge in [-0.15, -0.1) is 0 Å². The van der Waals surface area contributed by atoms with Crippen molar-refractivity contribution in [3.8, 4) is 11.5 Å². The van der Waals surface area contributed by atoms with Crippen molar-refractivity contribution in [1.29, 1.82) is 0 Å². The van der Waals surface area contributed by atoms with E-state index >= 15 is 0 Å². The van der Waals surface area contributed by atoms with E-state index in [1.54, 1.807) is 36.2 Å². The molecule has 0 saturated carbocycles. The number of carbonyl (C=O) groups is 2. The number of carbonyl (C=O) groups excluding carboxylic acids is 2. The topological polar surface area (TPSA) is 59.1 Å². The van der Waals surface area contributed by atoms with Crippen molar-refractivity contribution in [2.45, 2.75) is 19.8 Å². The summed E-state index contributed by atoms with van der Waals surface area (Å²) in [5.41, 5.74) is 2.39. The monoisotopic (exact) mass is 474 g/mol. The lowest BCUT2D eigenvalue weighted by atomic mass is 10.0. The van der Waals surface area contributed by atoms with Crippen LogP contribution in [0.25, 0.3) is 0 Å². The molecule has 1 heterocycles. The summed E-state index contributed by atoms with van der Waals surface area (Å²) in [6.07, 6.45) is 0. The second-order valence-electron chi connectivity index (χ2n) is 7.56. The summed E-state index contributed by atoms with van der Waals surface area (Å²) in [6.45, 7) is 6.22. The fourth-order valence-corrected chi connectivity index (χ4v) is 4.03. The predicted octanol–water partition coefficient (Wildman–Crippen LogP) is 4.19. The molecule has 2 amide bonds. The SMILES string of the molecule is COc1cc(C(=O)N2CCN(C(=O)c3ccc(C(C)C)cc3)CC2)cc(OC)c1Br. The highest BCUT2D eigenvalue weighted by molar-refractivity contribution is 9.10. The van der Waals surface area contributed by atoms with Gasteiger partial charge >= 0.3 is 0 Å². The van der Waals surface area contributed by atoms with Gasteiger partial charge in [0.1, 0.15) is 16.0 Å². The standard InChI is InChI=1S/C23H27BrN2O4/c1-15(2)16-5-7-17(8-6-16)22(27)25-9-11-26(12-10-25)23(28)18-13-19(29-3)21(24)20(14-18)30-4/h5-8,13-15H,9-12H2,1-4H3. The maximum atomic E-state index is 13.0. The molecule has 7 heteroatoms. The van der Waals surface area contributed by atoms with Gasteiger partial charge in [0, 0.05) is 37.3 Å². The number of hydrogen-bond donors (Lipinski definition) is 0. The molecular weight excluding hydrogens is 448 g/mol. The number of rotatable bonds is 5. The number of nitrogens with zero attached hydrogens (tertiary/aromatic N) is 2. The van der Waals surface area contributed by atoms with Crippen LogP contribution in [0.15, 0.2) is 40.9 Å². The molecule has 1 aliphatic rings. The quantitative estimate of drug-likeness (QED) is 0.651. The normalized spacial score (nSPS) is 14.1. The molecular formula is C23H27BrN2O4. The van der Waals surface area contributed by atoms with Crippen LogP contribution in [0.4, 0.5) is 0 Å². The Labute approximate surface area is 185 Å². The molecule has 6 nitrogen and oxygen atoms in total. The van der Waals surface area contributed by atoms with E-state index < -0.39 is 0 Å². The van der Waals surface area contributed by atoms with Crippen molar-refractivity contribution in [3.05, 3.63) is 57.6 Å². The van der Waals surface area contributed by atoms with Crippen molar-refractivity contribution >= 4 is 27.7 Å². The number of benzene rings is 2. The van der Waals surface area contributed by atoms with E-state index in [9.17, 15) is 9.59 Å². The number of halogens is 1. The van der Waals surface area contributed by atoms with Gasteiger partial charge in [0.05, 0.1) is 14.2 Å². The summed E-state index contributed by atoms with van der Waals surface area (Å²) in [5, 5.41) is 0. The van der Waals surface area contributed by atoms with Crippen molar-refractivity contribution in [1.82, 2.24) is 9.80 Å². The Bertz CT molecular complexity index is 894. The number of methoxy groups -OCH3 is 2. The van der Waals surface area contributed by atoms with Gasteiger partial charge in [-0.1, -0.05) is 26.0 Å². The molecule has 3 rings (SSSR count). The predicted molar refractivity (Wildman–Crippen MR) is 120 cm³/mol. The number of hydrogen-bond acceptors (Lipinski definition) is 4. The lowest BCUT2D eigenvalue weighted by Gasteiger charge is -2.35. The van der Waals surface area contributed by atoms with E-state index in [1.807, 2.05) is 24.3 Å². The Morgan fingerprint density at radius 2 is 1.27 bits per heavy atom. The Balaban J connectivity index is 1.66. The van der Waals surface area contributed by atoms with Crippen molar-refractivity contribution in [3.63, 3.8) is 0 Å². The molecule has 0 unspecified atom stereocenters. The fourth-order valence-electron chi connectivity index (χ4n) is 3.48. The molecule has 2 aromatic rings. The van der Waals surface area contributed by atoms with E-state index in [-0.39, 0.29) is 11.8 Å². The summed E-state index contributed by atoms with van der Waals surface area (Å²) in [7, 11) is 3.09. The van der Waals surface area contributed by atoms with E-state index in [2.05, 4.69) is 29.8 Å². The Morgan fingerprint density at radius 3 is 1.67 bits per heavy atom. The van der Waals surface area contributed by atoms with Crippen molar-refractivity contribution in [2.75, 3.05) is 40.4 Å². The van der Waals surface area contributed by atoms with Crippen LogP contribution in [-0.4, -0.2) is 62.0 Å². The molecule has 1 aliphatic heterocycles. The zero-order valence-electron chi connectivity index (χ0n) is 17.8. The first-order valence-corrected chi connectivity index (χ1v) is 10.7. The molecule has 0 spiro atoms. The smallest absolute Gasteiger partial charge is 0.254 e. The van der Waals surface area contributed by atoms with Crippen LogP contribution in [0.5, 0.6) is 11.5 Å². The highest BCUT2D eigenvalue weighted by atomic mass is 79.9. The summed E-state index contributed by atoms with van der Waals surface area (Å²) in [5.74, 6) is 1.41. The lowest BCUT2D eigenvalue weighted by Crippen LogP contribution is -2.50. The first-order valence-electron chi connectivity index (χ1n) is 9.95. The highest BCUT2D eigenvalue weighted by Crippen LogP contribution is 2.36. The van der Waals surface area contributed by atoms with Crippen LogP contribution in [0, 0.1) is 0 Å². The van der Waals surface area contributed by atoms with Gasteiger partial charge in [-0.25, -0.2) is 0 Å². The van der Waals surface area contributed by atoms with Crippen LogP contribution in [0.2, 0.25) is 0 Å². The maximum Gasteiger partial charge on any atom is 0.254 e. The average Bonchev–Trinajstić information content (AvgIpc) is 2.78. The maximum absolute atomic E-state index is 13.0. The second-order valence-corrected chi connectivity index (χ2v) is 8.35. The lowest BCUT2D eigenvalue weighted by molar-refractivity contribution is 0.0535. The summed E-state index contributed by atoms with van der Waals surface area (Å²) in [4.78, 5) is 29.4. The van der Waals surface area contributed by atoms with Gasteiger partial charge < -0.3 is 19.3 Å². The van der Waals surface area contributed by atoms with Gasteiger partial charge in [-0.3, -0.25) is 9.59 Å². The summed E-state index contributed by atoms with van der Waals surface area (Å²) >= 11 is 3.42. The molecule has 0 N–H and O–H groups in total. The molecule has 2 aromatic carbocycles. The van der Waals surface area contributed by atoms with E-state index in [4.69, 9.17) is 9.47 Å². The number of amides is 2. The van der Waals surface area contributed by atoms with E-state index in [0.29, 0.717) is 59.2 Å². The van der Waals surface area contributed by atoms with E-state index in [0.717, 1.165) is 0 Å². The zero-order chi connectivity index (χ0) is 21.8. The molecule has 0 aromatic heterocycles. The van der Waals surface area contributed by atoms with Gasteiger partial charge in [0.15, 0.2) is 0 Å². The summed E-state index contributed by atoms with van der Waals surface area (Å²) in [6, 6.07) is 11.2. The van der Waals surface area contributed by atoms with Crippen molar-refractivity contribution < 1.29 is 19.1 Å². The van der Waals surface area contributed by atoms with Crippen LogP contribution < -0.4 is 9.47 Å². The van der Waals surface area contributed by atoms with Crippen LogP contribution >= 0.6 is 15.9 Å². The molecule has 0 bridgehead atoms. The van der Waals surface area contributed by atoms with Gasteiger partial charge in [-0.2, -0.15) is 0 Å². The van der Waals surface area contributed by atoms with Gasteiger partial charge in [0.25, 0.3) is 11.8 Å². The minimum absolute atomic E-state index is 0.00406. The zero-order valence-corrected chi connectivity index (χ0v) is 19.4. The number of piperazine rings is 1. The molecule has 0 aliphatic carbocycles. The minimum atomic E-state index is -0.104. The number of ether oxygens (including phenoxy) is 2. The third kappa shape index (κ3) is 4.61.